The van der Waals surface area contributed by atoms with Crippen LogP contribution in [0.15, 0.2) is 24.5 Å². The highest BCUT2D eigenvalue weighted by atomic mass is 32.2. The number of amides is 1. The molecule has 88 valence electrons. The lowest BCUT2D eigenvalue weighted by Crippen LogP contribution is -2.35. The van der Waals surface area contributed by atoms with Crippen molar-refractivity contribution >= 4 is 23.4 Å². The smallest absolute Gasteiger partial charge is 0.230 e. The molecule has 1 aromatic heterocycles. The van der Waals surface area contributed by atoms with E-state index in [1.165, 1.54) is 0 Å². The first-order chi connectivity index (χ1) is 7.70. The van der Waals surface area contributed by atoms with E-state index in [9.17, 15) is 4.79 Å². The molecule has 0 bridgehead atoms. The summed E-state index contributed by atoms with van der Waals surface area (Å²) in [6.07, 6.45) is 5.45. The molecule has 1 rings (SSSR count). The number of carbonyl (C=O) groups excluding carboxylic acids is 1. The van der Waals surface area contributed by atoms with E-state index in [1.54, 1.807) is 24.2 Å². The van der Waals surface area contributed by atoms with E-state index in [0.717, 1.165) is 11.4 Å². The summed E-state index contributed by atoms with van der Waals surface area (Å²) in [6.45, 7) is 4.66. The zero-order valence-corrected chi connectivity index (χ0v) is 10.8. The Hall–Kier alpha value is -1.03. The van der Waals surface area contributed by atoms with Crippen LogP contribution < -0.4 is 4.90 Å². The highest BCUT2D eigenvalue weighted by Crippen LogP contribution is 2.16. The predicted molar refractivity (Wildman–Crippen MR) is 69.8 cm³/mol. The first-order valence-electron chi connectivity index (χ1n) is 5.41. The van der Waals surface area contributed by atoms with Crippen molar-refractivity contribution in [1.29, 1.82) is 0 Å². The van der Waals surface area contributed by atoms with Gasteiger partial charge in [-0.25, -0.2) is 0 Å². The van der Waals surface area contributed by atoms with Gasteiger partial charge in [0.05, 0.1) is 0 Å². The molecule has 1 aromatic rings. The average Bonchev–Trinajstić information content (AvgIpc) is 2.31. The highest BCUT2D eigenvalue weighted by Gasteiger charge is 2.19. The number of carbonyl (C=O) groups is 1. The maximum absolute atomic E-state index is 12.2. The van der Waals surface area contributed by atoms with Crippen LogP contribution in [-0.2, 0) is 4.79 Å². The summed E-state index contributed by atoms with van der Waals surface area (Å²) in [5.74, 6) is 1.10. The number of anilines is 1. The normalized spacial score (nSPS) is 12.2. The van der Waals surface area contributed by atoms with Crippen molar-refractivity contribution in [2.75, 3.05) is 23.5 Å². The molecule has 0 aromatic carbocycles. The fourth-order valence-electron chi connectivity index (χ4n) is 1.58. The molecule has 0 aliphatic carbocycles. The number of hydrogen-bond acceptors (Lipinski definition) is 3. The molecular weight excluding hydrogens is 220 g/mol. The van der Waals surface area contributed by atoms with Crippen molar-refractivity contribution in [2.24, 2.45) is 5.92 Å². The van der Waals surface area contributed by atoms with E-state index >= 15 is 0 Å². The SMILES string of the molecule is CCN(C(=O)[C@@H](C)CSC)c1ccncc1. The summed E-state index contributed by atoms with van der Waals surface area (Å²) in [7, 11) is 0. The van der Waals surface area contributed by atoms with Gasteiger partial charge in [-0.05, 0) is 25.3 Å². The first kappa shape index (κ1) is 13.0. The monoisotopic (exact) mass is 238 g/mol. The van der Waals surface area contributed by atoms with Crippen LogP contribution in [0.4, 0.5) is 5.69 Å². The van der Waals surface area contributed by atoms with Crippen LogP contribution in [0, 0.1) is 5.92 Å². The lowest BCUT2D eigenvalue weighted by molar-refractivity contribution is -0.121. The number of nitrogens with zero attached hydrogens (tertiary/aromatic N) is 2. The minimum absolute atomic E-state index is 0.0584. The second-order valence-corrected chi connectivity index (χ2v) is 4.55. The Morgan fingerprint density at radius 2 is 2.12 bits per heavy atom. The Bertz CT molecular complexity index is 329. The Morgan fingerprint density at radius 3 is 2.62 bits per heavy atom. The standard InChI is InChI=1S/C12H18N2OS/c1-4-14(11-5-7-13-8-6-11)12(15)10(2)9-16-3/h5-8,10H,4,9H2,1-3H3/t10-/m0/s1. The summed E-state index contributed by atoms with van der Waals surface area (Å²) in [5.41, 5.74) is 0.926. The van der Waals surface area contributed by atoms with Crippen molar-refractivity contribution in [3.05, 3.63) is 24.5 Å². The summed E-state index contributed by atoms with van der Waals surface area (Å²) >= 11 is 1.70. The molecule has 4 heteroatoms. The third-order valence-corrected chi connectivity index (χ3v) is 3.23. The van der Waals surface area contributed by atoms with Gasteiger partial charge in [0.25, 0.3) is 0 Å². The fraction of sp³-hybridized carbons (Fsp3) is 0.500. The molecule has 0 aliphatic heterocycles. The zero-order chi connectivity index (χ0) is 12.0. The third-order valence-electron chi connectivity index (χ3n) is 2.39. The van der Waals surface area contributed by atoms with E-state index in [-0.39, 0.29) is 11.8 Å². The minimum atomic E-state index is 0.0584. The number of thioether (sulfide) groups is 1. The Labute approximate surface area is 101 Å². The minimum Gasteiger partial charge on any atom is -0.312 e. The molecule has 0 N–H and O–H groups in total. The van der Waals surface area contributed by atoms with Gasteiger partial charge in [0, 0.05) is 36.3 Å². The van der Waals surface area contributed by atoms with E-state index in [1.807, 2.05) is 37.1 Å². The second-order valence-electron chi connectivity index (χ2n) is 3.64. The zero-order valence-electron chi connectivity index (χ0n) is 10.0. The van der Waals surface area contributed by atoms with E-state index < -0.39 is 0 Å². The van der Waals surface area contributed by atoms with Crippen LogP contribution in [-0.4, -0.2) is 29.4 Å². The van der Waals surface area contributed by atoms with Crippen LogP contribution >= 0.6 is 11.8 Å². The van der Waals surface area contributed by atoms with Gasteiger partial charge < -0.3 is 4.90 Å². The third kappa shape index (κ3) is 3.23. The summed E-state index contributed by atoms with van der Waals surface area (Å²) in [4.78, 5) is 17.9. The van der Waals surface area contributed by atoms with Crippen LogP contribution in [0.1, 0.15) is 13.8 Å². The molecule has 1 atom stereocenters. The number of aromatic nitrogens is 1. The van der Waals surface area contributed by atoms with Crippen molar-refractivity contribution in [3.63, 3.8) is 0 Å². The predicted octanol–water partition coefficient (Wildman–Crippen LogP) is 2.43. The van der Waals surface area contributed by atoms with Crippen LogP contribution in [0.5, 0.6) is 0 Å². The topological polar surface area (TPSA) is 33.2 Å². The van der Waals surface area contributed by atoms with Gasteiger partial charge in [0.2, 0.25) is 5.91 Å². The molecule has 0 spiro atoms. The lowest BCUT2D eigenvalue weighted by atomic mass is 10.1. The maximum Gasteiger partial charge on any atom is 0.230 e. The maximum atomic E-state index is 12.2. The summed E-state index contributed by atoms with van der Waals surface area (Å²) in [6, 6.07) is 3.74. The number of pyridine rings is 1. The number of hydrogen-bond donors (Lipinski definition) is 0. The quantitative estimate of drug-likeness (QED) is 0.790. The molecular formula is C12H18N2OS. The first-order valence-corrected chi connectivity index (χ1v) is 6.80. The molecule has 0 saturated heterocycles. The van der Waals surface area contributed by atoms with E-state index in [0.29, 0.717) is 6.54 Å². The van der Waals surface area contributed by atoms with Crippen molar-refractivity contribution in [2.45, 2.75) is 13.8 Å². The fourth-order valence-corrected chi connectivity index (χ4v) is 2.22. The van der Waals surface area contributed by atoms with Gasteiger partial charge in [0.15, 0.2) is 0 Å². The molecule has 0 unspecified atom stereocenters. The molecule has 3 nitrogen and oxygen atoms in total. The van der Waals surface area contributed by atoms with Gasteiger partial charge in [-0.2, -0.15) is 11.8 Å². The molecule has 0 saturated carbocycles. The molecule has 16 heavy (non-hydrogen) atoms. The van der Waals surface area contributed by atoms with Gasteiger partial charge in [-0.3, -0.25) is 9.78 Å². The molecule has 1 amide bonds. The molecule has 0 fully saturated rings. The van der Waals surface area contributed by atoms with Crippen LogP contribution in [0.3, 0.4) is 0 Å². The second kappa shape index (κ2) is 6.53. The van der Waals surface area contributed by atoms with Crippen LogP contribution in [0.25, 0.3) is 0 Å². The van der Waals surface area contributed by atoms with Gasteiger partial charge in [-0.15, -0.1) is 0 Å². The van der Waals surface area contributed by atoms with Crippen molar-refractivity contribution < 1.29 is 4.79 Å². The Balaban J connectivity index is 2.79. The van der Waals surface area contributed by atoms with Gasteiger partial charge in [0.1, 0.15) is 0 Å². The van der Waals surface area contributed by atoms with Crippen molar-refractivity contribution in [1.82, 2.24) is 4.98 Å². The van der Waals surface area contributed by atoms with Crippen molar-refractivity contribution in [3.8, 4) is 0 Å². The molecule has 0 aliphatic rings. The van der Waals surface area contributed by atoms with E-state index in [4.69, 9.17) is 0 Å². The summed E-state index contributed by atoms with van der Waals surface area (Å²) < 4.78 is 0. The Morgan fingerprint density at radius 1 is 1.50 bits per heavy atom. The van der Waals surface area contributed by atoms with E-state index in [2.05, 4.69) is 4.98 Å². The van der Waals surface area contributed by atoms with Gasteiger partial charge >= 0.3 is 0 Å². The molecule has 0 radical (unpaired) electrons. The lowest BCUT2D eigenvalue weighted by Gasteiger charge is -2.24. The Kier molecular flexibility index (Phi) is 5.32. The number of rotatable bonds is 5. The highest BCUT2D eigenvalue weighted by molar-refractivity contribution is 7.98. The van der Waals surface area contributed by atoms with Gasteiger partial charge in [-0.1, -0.05) is 6.92 Å². The van der Waals surface area contributed by atoms with Crippen LogP contribution in [0.2, 0.25) is 0 Å². The average molecular weight is 238 g/mol. The molecule has 1 heterocycles. The largest absolute Gasteiger partial charge is 0.312 e. The summed E-state index contributed by atoms with van der Waals surface area (Å²) in [5, 5.41) is 0.